The molecule has 7 nitrogen and oxygen atoms in total. The second kappa shape index (κ2) is 8.71. The van der Waals surface area contributed by atoms with Crippen molar-refractivity contribution in [1.29, 1.82) is 0 Å². The summed E-state index contributed by atoms with van der Waals surface area (Å²) in [6.07, 6.45) is 3.96. The molecule has 0 unspecified atom stereocenters. The highest BCUT2D eigenvalue weighted by Crippen LogP contribution is 2.53. The maximum Gasteiger partial charge on any atom is 0.339 e. The minimum absolute atomic E-state index is 0.00534. The standard InChI is InChI=1S/C25H27ClN4O3/c1-29-23(25(12-13-25)17-6-4-3-5-7-17)27-28-24(29)30-14-10-18(11-15-30)33-19-8-9-21(26)20(16-19)22(31)32-2/h3-9,16,18H,10-15H2,1-2H3. The number of carbonyl (C=O) groups excluding carboxylic acids is 1. The monoisotopic (exact) mass is 466 g/mol. The molecule has 1 aliphatic heterocycles. The highest BCUT2D eigenvalue weighted by atomic mass is 35.5. The van der Waals surface area contributed by atoms with E-state index < -0.39 is 5.97 Å². The van der Waals surface area contributed by atoms with E-state index in [1.165, 1.54) is 12.7 Å². The number of ether oxygens (including phenoxy) is 2. The summed E-state index contributed by atoms with van der Waals surface area (Å²) < 4.78 is 13.1. The minimum atomic E-state index is -0.470. The Bertz CT molecular complexity index is 1150. The number of piperidine rings is 1. The molecule has 2 heterocycles. The molecule has 5 rings (SSSR count). The van der Waals surface area contributed by atoms with E-state index in [0.717, 1.165) is 50.5 Å². The molecular weight excluding hydrogens is 440 g/mol. The molecule has 1 aromatic heterocycles. The van der Waals surface area contributed by atoms with Gasteiger partial charge in [0, 0.05) is 33.0 Å². The van der Waals surface area contributed by atoms with Crippen molar-refractivity contribution in [2.45, 2.75) is 37.2 Å². The lowest BCUT2D eigenvalue weighted by molar-refractivity contribution is 0.0600. The Kier molecular flexibility index (Phi) is 5.74. The second-order valence-electron chi connectivity index (χ2n) is 8.77. The van der Waals surface area contributed by atoms with Crippen molar-refractivity contribution in [2.75, 3.05) is 25.1 Å². The van der Waals surface area contributed by atoms with E-state index in [-0.39, 0.29) is 11.5 Å². The smallest absolute Gasteiger partial charge is 0.339 e. The first kappa shape index (κ1) is 21.8. The number of aromatic nitrogens is 3. The number of hydrogen-bond acceptors (Lipinski definition) is 6. The van der Waals surface area contributed by atoms with Crippen molar-refractivity contribution >= 4 is 23.5 Å². The van der Waals surface area contributed by atoms with Crippen molar-refractivity contribution in [3.63, 3.8) is 0 Å². The van der Waals surface area contributed by atoms with Crippen LogP contribution in [0.15, 0.2) is 48.5 Å². The van der Waals surface area contributed by atoms with E-state index >= 15 is 0 Å². The fraction of sp³-hybridized carbons (Fsp3) is 0.400. The number of rotatable bonds is 6. The third kappa shape index (κ3) is 4.06. The van der Waals surface area contributed by atoms with Gasteiger partial charge in [-0.05, 0) is 36.6 Å². The summed E-state index contributed by atoms with van der Waals surface area (Å²) in [6.45, 7) is 1.65. The van der Waals surface area contributed by atoms with Gasteiger partial charge in [-0.15, -0.1) is 10.2 Å². The molecule has 0 radical (unpaired) electrons. The summed E-state index contributed by atoms with van der Waals surface area (Å²) >= 11 is 6.11. The van der Waals surface area contributed by atoms with Crippen LogP contribution < -0.4 is 9.64 Å². The van der Waals surface area contributed by atoms with Gasteiger partial charge in [0.15, 0.2) is 0 Å². The summed E-state index contributed by atoms with van der Waals surface area (Å²) in [5, 5.41) is 9.53. The molecule has 0 atom stereocenters. The van der Waals surface area contributed by atoms with Gasteiger partial charge in [0.05, 0.1) is 23.1 Å². The highest BCUT2D eigenvalue weighted by Gasteiger charge is 2.50. The Balaban J connectivity index is 1.25. The maximum atomic E-state index is 11.9. The van der Waals surface area contributed by atoms with E-state index in [0.29, 0.717) is 16.3 Å². The lowest BCUT2D eigenvalue weighted by atomic mass is 9.95. The van der Waals surface area contributed by atoms with Gasteiger partial charge >= 0.3 is 5.97 Å². The quantitative estimate of drug-likeness (QED) is 0.502. The molecule has 0 amide bonds. The van der Waals surface area contributed by atoms with Crippen LogP contribution in [0.25, 0.3) is 0 Å². The van der Waals surface area contributed by atoms with Crippen LogP contribution in [0.3, 0.4) is 0 Å². The van der Waals surface area contributed by atoms with Gasteiger partial charge in [0.1, 0.15) is 17.7 Å². The fourth-order valence-corrected chi connectivity index (χ4v) is 4.94. The van der Waals surface area contributed by atoms with Gasteiger partial charge in [-0.3, -0.25) is 4.57 Å². The van der Waals surface area contributed by atoms with E-state index in [1.54, 1.807) is 18.2 Å². The lowest BCUT2D eigenvalue weighted by Gasteiger charge is -2.32. The predicted octanol–water partition coefficient (Wildman–Crippen LogP) is 4.38. The van der Waals surface area contributed by atoms with Crippen molar-refractivity contribution < 1.29 is 14.3 Å². The number of esters is 1. The van der Waals surface area contributed by atoms with Gasteiger partial charge in [0.2, 0.25) is 5.95 Å². The zero-order valence-corrected chi connectivity index (χ0v) is 19.6. The summed E-state index contributed by atoms with van der Waals surface area (Å²) in [5.41, 5.74) is 1.62. The molecule has 0 N–H and O–H groups in total. The summed E-state index contributed by atoms with van der Waals surface area (Å²) in [5.74, 6) is 2.10. The van der Waals surface area contributed by atoms with Crippen LogP contribution in [0.5, 0.6) is 5.75 Å². The third-order valence-corrected chi connectivity index (χ3v) is 7.06. The highest BCUT2D eigenvalue weighted by molar-refractivity contribution is 6.33. The third-order valence-electron chi connectivity index (χ3n) is 6.73. The molecule has 0 bridgehead atoms. The van der Waals surface area contributed by atoms with Crippen molar-refractivity contribution in [3.05, 3.63) is 70.5 Å². The minimum Gasteiger partial charge on any atom is -0.490 e. The number of halogens is 1. The molecule has 1 saturated carbocycles. The molecule has 8 heteroatoms. The van der Waals surface area contributed by atoms with Gasteiger partial charge in [-0.1, -0.05) is 41.9 Å². The molecule has 2 aliphatic rings. The van der Waals surface area contributed by atoms with Crippen LogP contribution in [0.4, 0.5) is 5.95 Å². The largest absolute Gasteiger partial charge is 0.490 e. The lowest BCUT2D eigenvalue weighted by Crippen LogP contribution is -2.39. The first-order valence-electron chi connectivity index (χ1n) is 11.3. The van der Waals surface area contributed by atoms with Crippen LogP contribution in [-0.4, -0.2) is 47.0 Å². The first-order valence-corrected chi connectivity index (χ1v) is 11.6. The van der Waals surface area contributed by atoms with Crippen LogP contribution >= 0.6 is 11.6 Å². The van der Waals surface area contributed by atoms with E-state index in [1.807, 2.05) is 6.07 Å². The predicted molar refractivity (Wildman–Crippen MR) is 126 cm³/mol. The van der Waals surface area contributed by atoms with Gasteiger partial charge < -0.3 is 14.4 Å². The SMILES string of the molecule is COC(=O)c1cc(OC2CCN(c3nnc(C4(c5ccccc5)CC4)n3C)CC2)ccc1Cl. The van der Waals surface area contributed by atoms with Crippen molar-refractivity contribution in [2.24, 2.45) is 7.05 Å². The zero-order valence-electron chi connectivity index (χ0n) is 18.8. The van der Waals surface area contributed by atoms with Gasteiger partial charge in [-0.25, -0.2) is 4.79 Å². The number of anilines is 1. The maximum absolute atomic E-state index is 11.9. The topological polar surface area (TPSA) is 69.5 Å². The number of benzene rings is 2. The summed E-state index contributed by atoms with van der Waals surface area (Å²) in [4.78, 5) is 14.2. The average molecular weight is 467 g/mol. The van der Waals surface area contributed by atoms with Crippen molar-refractivity contribution in [1.82, 2.24) is 14.8 Å². The van der Waals surface area contributed by atoms with E-state index in [2.05, 4.69) is 51.0 Å². The zero-order chi connectivity index (χ0) is 23.0. The van der Waals surface area contributed by atoms with Crippen LogP contribution in [0, 0.1) is 0 Å². The summed E-state index contributed by atoms with van der Waals surface area (Å²) in [6, 6.07) is 15.7. The van der Waals surface area contributed by atoms with Crippen molar-refractivity contribution in [3.8, 4) is 5.75 Å². The van der Waals surface area contributed by atoms with Crippen LogP contribution in [0.2, 0.25) is 5.02 Å². The van der Waals surface area contributed by atoms with Crippen LogP contribution in [-0.2, 0) is 17.2 Å². The van der Waals surface area contributed by atoms with E-state index in [4.69, 9.17) is 21.1 Å². The Morgan fingerprint density at radius 1 is 1.09 bits per heavy atom. The first-order chi connectivity index (χ1) is 16.0. The molecule has 2 fully saturated rings. The normalized spacial score (nSPS) is 17.6. The number of hydrogen-bond donors (Lipinski definition) is 0. The van der Waals surface area contributed by atoms with Gasteiger partial charge in [-0.2, -0.15) is 0 Å². The second-order valence-corrected chi connectivity index (χ2v) is 9.18. The van der Waals surface area contributed by atoms with E-state index in [9.17, 15) is 4.79 Å². The molecule has 1 aliphatic carbocycles. The Hall–Kier alpha value is -3.06. The number of nitrogens with zero attached hydrogens (tertiary/aromatic N) is 4. The Morgan fingerprint density at radius 3 is 2.48 bits per heavy atom. The molecule has 172 valence electrons. The fourth-order valence-electron chi connectivity index (χ4n) is 4.75. The Labute approximate surface area is 198 Å². The molecule has 2 aromatic carbocycles. The van der Waals surface area contributed by atoms with Gasteiger partial charge in [0.25, 0.3) is 0 Å². The average Bonchev–Trinajstić information content (AvgIpc) is 3.57. The van der Waals surface area contributed by atoms with Crippen LogP contribution in [0.1, 0.15) is 47.4 Å². The summed E-state index contributed by atoms with van der Waals surface area (Å²) in [7, 11) is 3.41. The number of methoxy groups -OCH3 is 1. The number of carbonyl (C=O) groups is 1. The Morgan fingerprint density at radius 2 is 1.82 bits per heavy atom. The molecule has 0 spiro atoms. The molecule has 1 saturated heterocycles. The molecule has 3 aromatic rings. The molecular formula is C25H27ClN4O3. The molecule has 33 heavy (non-hydrogen) atoms.